The normalized spacial score (nSPS) is 14.8. The zero-order valence-electron chi connectivity index (χ0n) is 13.9. The van der Waals surface area contributed by atoms with Gasteiger partial charge >= 0.3 is 12.4 Å². The molecule has 2 atom stereocenters. The average Bonchev–Trinajstić information content (AvgIpc) is 2.49. The molecule has 0 aliphatic heterocycles. The summed E-state index contributed by atoms with van der Waals surface area (Å²) < 4.78 is 81.0. The standard InChI is InChI=1S/C19H16F6O/c1-11-3-7-13(8-4-11)15(18(20,21)22)17(26)16(19(23,24)25)14-9-5-12(2)6-10-14/h3-10,15-16H,1-2H3. The van der Waals surface area contributed by atoms with Gasteiger partial charge in [-0.25, -0.2) is 0 Å². The molecular weight excluding hydrogens is 358 g/mol. The number of aryl methyl sites for hydroxylation is 2. The number of ketones is 1. The van der Waals surface area contributed by atoms with E-state index in [-0.39, 0.29) is 0 Å². The highest BCUT2D eigenvalue weighted by Crippen LogP contribution is 2.44. The summed E-state index contributed by atoms with van der Waals surface area (Å²) in [6.07, 6.45) is -10.3. The summed E-state index contributed by atoms with van der Waals surface area (Å²) in [6.45, 7) is 3.25. The molecule has 0 bridgehead atoms. The van der Waals surface area contributed by atoms with E-state index in [1.54, 1.807) is 13.8 Å². The zero-order valence-corrected chi connectivity index (χ0v) is 13.9. The summed E-state index contributed by atoms with van der Waals surface area (Å²) in [6, 6.07) is 9.46. The minimum atomic E-state index is -5.14. The van der Waals surface area contributed by atoms with Crippen LogP contribution in [0.15, 0.2) is 48.5 Å². The molecule has 0 aromatic heterocycles. The second-order valence-corrected chi connectivity index (χ2v) is 6.17. The van der Waals surface area contributed by atoms with Gasteiger partial charge in [0.1, 0.15) is 11.8 Å². The molecule has 0 aliphatic rings. The lowest BCUT2D eigenvalue weighted by Crippen LogP contribution is -2.38. The molecule has 0 heterocycles. The first-order chi connectivity index (χ1) is 11.9. The van der Waals surface area contributed by atoms with Crippen molar-refractivity contribution in [3.05, 3.63) is 70.8 Å². The number of hydrogen-bond acceptors (Lipinski definition) is 1. The molecule has 26 heavy (non-hydrogen) atoms. The molecule has 0 fully saturated rings. The van der Waals surface area contributed by atoms with Crippen LogP contribution >= 0.6 is 0 Å². The van der Waals surface area contributed by atoms with Crippen LogP contribution in [0.3, 0.4) is 0 Å². The van der Waals surface area contributed by atoms with Gasteiger partial charge in [0.05, 0.1) is 0 Å². The quantitative estimate of drug-likeness (QED) is 0.612. The van der Waals surface area contributed by atoms with Crippen LogP contribution in [0.25, 0.3) is 0 Å². The highest BCUT2D eigenvalue weighted by atomic mass is 19.4. The van der Waals surface area contributed by atoms with Gasteiger partial charge in [0.25, 0.3) is 0 Å². The topological polar surface area (TPSA) is 17.1 Å². The summed E-state index contributed by atoms with van der Waals surface area (Å²) in [4.78, 5) is 12.5. The third kappa shape index (κ3) is 4.45. The van der Waals surface area contributed by atoms with E-state index in [9.17, 15) is 31.1 Å². The highest BCUT2D eigenvalue weighted by molar-refractivity contribution is 5.93. The second kappa shape index (κ2) is 7.13. The van der Waals surface area contributed by atoms with Crippen molar-refractivity contribution >= 4 is 5.78 Å². The highest BCUT2D eigenvalue weighted by Gasteiger charge is 2.55. The van der Waals surface area contributed by atoms with E-state index < -0.39 is 41.1 Å². The summed E-state index contributed by atoms with van der Waals surface area (Å²) in [5, 5.41) is 0. The van der Waals surface area contributed by atoms with Crippen molar-refractivity contribution < 1.29 is 31.1 Å². The van der Waals surface area contributed by atoms with Crippen LogP contribution in [0.2, 0.25) is 0 Å². The van der Waals surface area contributed by atoms with Crippen LogP contribution in [0, 0.1) is 13.8 Å². The largest absolute Gasteiger partial charge is 0.402 e. The maximum atomic E-state index is 13.5. The van der Waals surface area contributed by atoms with E-state index >= 15 is 0 Å². The number of benzene rings is 2. The van der Waals surface area contributed by atoms with Crippen LogP contribution in [-0.2, 0) is 4.79 Å². The molecule has 2 aromatic carbocycles. The molecule has 1 nitrogen and oxygen atoms in total. The number of rotatable bonds is 4. The molecular formula is C19H16F6O. The van der Waals surface area contributed by atoms with E-state index in [1.807, 2.05) is 0 Å². The van der Waals surface area contributed by atoms with Crippen molar-refractivity contribution in [3.8, 4) is 0 Å². The summed E-state index contributed by atoms with van der Waals surface area (Å²) >= 11 is 0. The fourth-order valence-electron chi connectivity index (χ4n) is 2.71. The van der Waals surface area contributed by atoms with Gasteiger partial charge in [0.2, 0.25) is 0 Å². The molecule has 140 valence electrons. The van der Waals surface area contributed by atoms with Crippen molar-refractivity contribution in [2.45, 2.75) is 38.0 Å². The zero-order chi connectivity index (χ0) is 19.7. The van der Waals surface area contributed by atoms with Gasteiger partial charge in [-0.1, -0.05) is 59.7 Å². The molecule has 0 N–H and O–H groups in total. The SMILES string of the molecule is Cc1ccc(C(C(=O)C(c2ccc(C)cc2)C(F)(F)F)C(F)(F)F)cc1. The van der Waals surface area contributed by atoms with Crippen LogP contribution < -0.4 is 0 Å². The minimum Gasteiger partial charge on any atom is -0.298 e. The first-order valence-electron chi connectivity index (χ1n) is 7.71. The molecule has 7 heteroatoms. The fourth-order valence-corrected chi connectivity index (χ4v) is 2.71. The van der Waals surface area contributed by atoms with Gasteiger partial charge < -0.3 is 0 Å². The number of carbonyl (C=O) groups excluding carboxylic acids is 1. The maximum Gasteiger partial charge on any atom is 0.402 e. The molecule has 0 saturated carbocycles. The van der Waals surface area contributed by atoms with Crippen LogP contribution in [0.1, 0.15) is 34.1 Å². The van der Waals surface area contributed by atoms with Crippen LogP contribution in [-0.4, -0.2) is 18.1 Å². The van der Waals surface area contributed by atoms with E-state index in [2.05, 4.69) is 0 Å². The number of carbonyl (C=O) groups is 1. The third-order valence-electron chi connectivity index (χ3n) is 4.05. The van der Waals surface area contributed by atoms with Crippen molar-refractivity contribution in [1.82, 2.24) is 0 Å². The first kappa shape index (κ1) is 20.0. The minimum absolute atomic E-state index is 0.505. The fraction of sp³-hybridized carbons (Fsp3) is 0.316. The Hall–Kier alpha value is -2.31. The van der Waals surface area contributed by atoms with Crippen molar-refractivity contribution in [2.75, 3.05) is 0 Å². The van der Waals surface area contributed by atoms with Crippen molar-refractivity contribution in [2.24, 2.45) is 0 Å². The molecule has 2 aromatic rings. The average molecular weight is 374 g/mol. The monoisotopic (exact) mass is 374 g/mol. The van der Waals surface area contributed by atoms with Crippen LogP contribution in [0.4, 0.5) is 26.3 Å². The number of hydrogen-bond donors (Lipinski definition) is 0. The van der Waals surface area contributed by atoms with Gasteiger partial charge in [0.15, 0.2) is 5.78 Å². The summed E-state index contributed by atoms with van der Waals surface area (Å²) in [7, 11) is 0. The second-order valence-electron chi connectivity index (χ2n) is 6.17. The predicted molar refractivity (Wildman–Crippen MR) is 85.0 cm³/mol. The Morgan fingerprint density at radius 3 is 1.15 bits per heavy atom. The Labute approximate surface area is 146 Å². The first-order valence-corrected chi connectivity index (χ1v) is 7.71. The van der Waals surface area contributed by atoms with Gasteiger partial charge in [-0.05, 0) is 25.0 Å². The van der Waals surface area contributed by atoms with E-state index in [0.717, 1.165) is 24.3 Å². The van der Waals surface area contributed by atoms with E-state index in [1.165, 1.54) is 24.3 Å². The van der Waals surface area contributed by atoms with Gasteiger partial charge in [-0.2, -0.15) is 26.3 Å². The molecule has 0 aliphatic carbocycles. The lowest BCUT2D eigenvalue weighted by Gasteiger charge is -2.26. The van der Waals surface area contributed by atoms with Crippen molar-refractivity contribution in [3.63, 3.8) is 0 Å². The maximum absolute atomic E-state index is 13.5. The molecule has 0 saturated heterocycles. The molecule has 0 spiro atoms. The van der Waals surface area contributed by atoms with Gasteiger partial charge in [-0.3, -0.25) is 4.79 Å². The van der Waals surface area contributed by atoms with Crippen LogP contribution in [0.5, 0.6) is 0 Å². The number of Topliss-reactive ketones (excluding diaryl/α,β-unsaturated/α-hetero) is 1. The summed E-state index contributed by atoms with van der Waals surface area (Å²) in [5.41, 5.74) is 0.255. The molecule has 2 rings (SSSR count). The predicted octanol–water partition coefficient (Wildman–Crippen LogP) is 5.86. The molecule has 0 radical (unpaired) electrons. The molecule has 0 amide bonds. The number of halogens is 6. The van der Waals surface area contributed by atoms with E-state index in [0.29, 0.717) is 11.1 Å². The smallest absolute Gasteiger partial charge is 0.298 e. The van der Waals surface area contributed by atoms with Gasteiger partial charge in [0, 0.05) is 0 Å². The Kier molecular flexibility index (Phi) is 5.49. The van der Waals surface area contributed by atoms with Gasteiger partial charge in [-0.15, -0.1) is 0 Å². The summed E-state index contributed by atoms with van der Waals surface area (Å²) in [5.74, 6) is -7.63. The lowest BCUT2D eigenvalue weighted by atomic mass is 9.82. The van der Waals surface area contributed by atoms with E-state index in [4.69, 9.17) is 0 Å². The Morgan fingerprint density at radius 2 is 0.923 bits per heavy atom. The third-order valence-corrected chi connectivity index (χ3v) is 4.05. The Balaban J connectivity index is 2.55. The Morgan fingerprint density at radius 1 is 0.654 bits per heavy atom. The Bertz CT molecular complexity index is 691. The molecule has 2 unspecified atom stereocenters. The lowest BCUT2D eigenvalue weighted by molar-refractivity contribution is -0.183. The number of alkyl halides is 6. The van der Waals surface area contributed by atoms with Crippen molar-refractivity contribution in [1.29, 1.82) is 0 Å².